The number of benzene rings is 1. The molecule has 2 aromatic rings. The third kappa shape index (κ3) is 2.62. The van der Waals surface area contributed by atoms with Crippen LogP contribution < -0.4 is 15.8 Å². The van der Waals surface area contributed by atoms with E-state index in [4.69, 9.17) is 22.1 Å². The molecule has 0 saturated heterocycles. The lowest BCUT2D eigenvalue weighted by Crippen LogP contribution is -2.02. The van der Waals surface area contributed by atoms with Gasteiger partial charge in [-0.25, -0.2) is 9.97 Å². The second-order valence-electron chi connectivity index (χ2n) is 3.67. The molecule has 0 bridgehead atoms. The third-order valence-electron chi connectivity index (χ3n) is 2.34. The summed E-state index contributed by atoms with van der Waals surface area (Å²) in [6, 6.07) is 7.41. The first-order chi connectivity index (χ1) is 8.60. The molecule has 0 aliphatic heterocycles. The third-order valence-corrected chi connectivity index (χ3v) is 2.71. The molecule has 0 aliphatic rings. The average Bonchev–Trinajstić information content (AvgIpc) is 2.36. The van der Waals surface area contributed by atoms with E-state index < -0.39 is 0 Å². The molecule has 94 valence electrons. The van der Waals surface area contributed by atoms with Gasteiger partial charge in [0.05, 0.1) is 7.11 Å². The number of aromatic nitrogens is 2. The Morgan fingerprint density at radius 1 is 1.22 bits per heavy atom. The van der Waals surface area contributed by atoms with Crippen LogP contribution in [0.4, 0.5) is 17.3 Å². The van der Waals surface area contributed by atoms with Gasteiger partial charge in [0, 0.05) is 5.69 Å². The lowest BCUT2D eigenvalue weighted by atomic mass is 10.3. The van der Waals surface area contributed by atoms with Crippen molar-refractivity contribution in [2.45, 2.75) is 6.92 Å². The van der Waals surface area contributed by atoms with Crippen molar-refractivity contribution in [2.24, 2.45) is 0 Å². The highest BCUT2D eigenvalue weighted by Crippen LogP contribution is 2.28. The van der Waals surface area contributed by atoms with Gasteiger partial charge in [-0.15, -0.1) is 0 Å². The monoisotopic (exact) mass is 264 g/mol. The van der Waals surface area contributed by atoms with Crippen LogP contribution in [0.1, 0.15) is 5.82 Å². The number of hydrogen-bond donors (Lipinski definition) is 2. The largest absolute Gasteiger partial charge is 0.497 e. The molecule has 18 heavy (non-hydrogen) atoms. The summed E-state index contributed by atoms with van der Waals surface area (Å²) in [6.45, 7) is 1.76. The number of aryl methyl sites for hydroxylation is 1. The summed E-state index contributed by atoms with van der Waals surface area (Å²) in [5, 5.41) is 3.40. The molecule has 0 spiro atoms. The quantitative estimate of drug-likeness (QED) is 0.892. The Morgan fingerprint density at radius 3 is 2.50 bits per heavy atom. The molecule has 0 atom stereocenters. The number of rotatable bonds is 3. The van der Waals surface area contributed by atoms with E-state index in [1.165, 1.54) is 0 Å². The average molecular weight is 265 g/mol. The van der Waals surface area contributed by atoms with Gasteiger partial charge in [-0.3, -0.25) is 0 Å². The number of anilines is 3. The molecule has 0 unspecified atom stereocenters. The molecule has 1 aromatic heterocycles. The van der Waals surface area contributed by atoms with Crippen molar-refractivity contribution in [3.05, 3.63) is 35.1 Å². The van der Waals surface area contributed by atoms with Crippen LogP contribution in [0.25, 0.3) is 0 Å². The fourth-order valence-electron chi connectivity index (χ4n) is 1.47. The highest BCUT2D eigenvalue weighted by molar-refractivity contribution is 6.35. The van der Waals surface area contributed by atoms with Crippen molar-refractivity contribution < 1.29 is 4.74 Å². The van der Waals surface area contributed by atoms with E-state index in [2.05, 4.69) is 15.3 Å². The SMILES string of the molecule is COc1ccc(Nc2nc(C)nc(N)c2Cl)cc1. The highest BCUT2D eigenvalue weighted by atomic mass is 35.5. The molecule has 5 nitrogen and oxygen atoms in total. The van der Waals surface area contributed by atoms with Gasteiger partial charge in [0.2, 0.25) is 0 Å². The van der Waals surface area contributed by atoms with Gasteiger partial charge >= 0.3 is 0 Å². The maximum Gasteiger partial charge on any atom is 0.155 e. The van der Waals surface area contributed by atoms with E-state index in [1.807, 2.05) is 24.3 Å². The summed E-state index contributed by atoms with van der Waals surface area (Å²) in [7, 11) is 1.62. The van der Waals surface area contributed by atoms with Gasteiger partial charge in [-0.2, -0.15) is 0 Å². The topological polar surface area (TPSA) is 73.1 Å². The van der Waals surface area contributed by atoms with Gasteiger partial charge in [0.15, 0.2) is 5.82 Å². The summed E-state index contributed by atoms with van der Waals surface area (Å²) in [5.41, 5.74) is 6.52. The van der Waals surface area contributed by atoms with E-state index >= 15 is 0 Å². The van der Waals surface area contributed by atoms with Crippen molar-refractivity contribution >= 4 is 28.9 Å². The van der Waals surface area contributed by atoms with E-state index in [9.17, 15) is 0 Å². The zero-order valence-corrected chi connectivity index (χ0v) is 10.8. The van der Waals surface area contributed by atoms with Gasteiger partial charge in [0.25, 0.3) is 0 Å². The number of hydrogen-bond acceptors (Lipinski definition) is 5. The van der Waals surface area contributed by atoms with Crippen molar-refractivity contribution in [1.82, 2.24) is 9.97 Å². The minimum Gasteiger partial charge on any atom is -0.497 e. The molecule has 1 heterocycles. The molecular weight excluding hydrogens is 252 g/mol. The van der Waals surface area contributed by atoms with Crippen molar-refractivity contribution in [1.29, 1.82) is 0 Å². The van der Waals surface area contributed by atoms with Crippen LogP contribution >= 0.6 is 11.6 Å². The van der Waals surface area contributed by atoms with Crippen LogP contribution in [-0.4, -0.2) is 17.1 Å². The van der Waals surface area contributed by atoms with Crippen molar-refractivity contribution in [3.8, 4) is 5.75 Å². The fourth-order valence-corrected chi connectivity index (χ4v) is 1.61. The standard InChI is InChI=1S/C12H13ClN4O/c1-7-15-11(14)10(13)12(16-7)17-8-3-5-9(18-2)6-4-8/h3-6H,1-2H3,(H3,14,15,16,17). The normalized spacial score (nSPS) is 10.2. The van der Waals surface area contributed by atoms with Crippen molar-refractivity contribution in [3.63, 3.8) is 0 Å². The number of halogens is 1. The Hall–Kier alpha value is -2.01. The summed E-state index contributed by atoms with van der Waals surface area (Å²) in [5.74, 6) is 2.10. The molecule has 1 aromatic carbocycles. The summed E-state index contributed by atoms with van der Waals surface area (Å²) < 4.78 is 5.08. The molecule has 0 fully saturated rings. The lowest BCUT2D eigenvalue weighted by Gasteiger charge is -2.10. The molecule has 2 rings (SSSR count). The Labute approximate surface area is 110 Å². The maximum atomic E-state index is 6.04. The molecule has 3 N–H and O–H groups in total. The molecule has 0 saturated carbocycles. The van der Waals surface area contributed by atoms with Gasteiger partial charge in [-0.05, 0) is 31.2 Å². The molecular formula is C12H13ClN4O. The molecule has 0 aliphatic carbocycles. The lowest BCUT2D eigenvalue weighted by molar-refractivity contribution is 0.415. The summed E-state index contributed by atoms with van der Waals surface area (Å²) in [6.07, 6.45) is 0. The number of methoxy groups -OCH3 is 1. The fraction of sp³-hybridized carbons (Fsp3) is 0.167. The van der Waals surface area contributed by atoms with Crippen LogP contribution in [0, 0.1) is 6.92 Å². The second-order valence-corrected chi connectivity index (χ2v) is 4.05. The number of nitrogens with zero attached hydrogens (tertiary/aromatic N) is 2. The first-order valence-electron chi connectivity index (χ1n) is 5.31. The Morgan fingerprint density at radius 2 is 1.89 bits per heavy atom. The molecule has 6 heteroatoms. The van der Waals surface area contributed by atoms with Crippen LogP contribution in [0.15, 0.2) is 24.3 Å². The Bertz CT molecular complexity index is 557. The molecule has 0 radical (unpaired) electrons. The highest BCUT2D eigenvalue weighted by Gasteiger charge is 2.08. The number of nitrogens with one attached hydrogen (secondary N) is 1. The van der Waals surface area contributed by atoms with Gasteiger partial charge < -0.3 is 15.8 Å². The van der Waals surface area contributed by atoms with E-state index in [0.717, 1.165) is 11.4 Å². The second kappa shape index (κ2) is 5.10. The number of ether oxygens (including phenoxy) is 1. The predicted molar refractivity (Wildman–Crippen MR) is 72.5 cm³/mol. The Balaban J connectivity index is 2.27. The van der Waals surface area contributed by atoms with E-state index in [1.54, 1.807) is 14.0 Å². The number of nitrogens with two attached hydrogens (primary N) is 1. The smallest absolute Gasteiger partial charge is 0.155 e. The number of nitrogen functional groups attached to an aromatic ring is 1. The molecule has 0 amide bonds. The minimum absolute atomic E-state index is 0.264. The van der Waals surface area contributed by atoms with E-state index in [0.29, 0.717) is 16.7 Å². The Kier molecular flexibility index (Phi) is 3.53. The van der Waals surface area contributed by atoms with Crippen LogP contribution in [-0.2, 0) is 0 Å². The summed E-state index contributed by atoms with van der Waals surface area (Å²) in [4.78, 5) is 8.18. The van der Waals surface area contributed by atoms with Gasteiger partial charge in [0.1, 0.15) is 22.4 Å². The van der Waals surface area contributed by atoms with Crippen LogP contribution in [0.2, 0.25) is 5.02 Å². The zero-order valence-electron chi connectivity index (χ0n) is 10.1. The minimum atomic E-state index is 0.264. The van der Waals surface area contributed by atoms with Crippen LogP contribution in [0.3, 0.4) is 0 Å². The maximum absolute atomic E-state index is 6.04. The van der Waals surface area contributed by atoms with Gasteiger partial charge in [-0.1, -0.05) is 11.6 Å². The summed E-state index contributed by atoms with van der Waals surface area (Å²) >= 11 is 6.04. The first-order valence-corrected chi connectivity index (χ1v) is 5.68. The van der Waals surface area contributed by atoms with E-state index in [-0.39, 0.29) is 5.82 Å². The first kappa shape index (κ1) is 12.4. The zero-order chi connectivity index (χ0) is 13.1. The van der Waals surface area contributed by atoms with Crippen LogP contribution in [0.5, 0.6) is 5.75 Å². The van der Waals surface area contributed by atoms with Crippen molar-refractivity contribution in [2.75, 3.05) is 18.2 Å². The predicted octanol–water partition coefficient (Wildman–Crippen LogP) is 2.77.